The van der Waals surface area contributed by atoms with Crippen LogP contribution in [0.25, 0.3) is 0 Å². The summed E-state index contributed by atoms with van der Waals surface area (Å²) in [5, 5.41) is 10.4. The van der Waals surface area contributed by atoms with E-state index in [2.05, 4.69) is 4.90 Å². The molecule has 1 N–H and O–H groups in total. The lowest BCUT2D eigenvalue weighted by Gasteiger charge is -2.38. The molecule has 25 heavy (non-hydrogen) atoms. The third-order valence-electron chi connectivity index (χ3n) is 5.33. The average Bonchev–Trinajstić information content (AvgIpc) is 3.01. The van der Waals surface area contributed by atoms with Crippen LogP contribution in [0.2, 0.25) is 0 Å². The number of rotatable bonds is 6. The van der Waals surface area contributed by atoms with Crippen molar-refractivity contribution in [1.29, 1.82) is 0 Å². The number of carbonyl (C=O) groups is 1. The topological polar surface area (TPSA) is 53.0 Å². The highest BCUT2D eigenvalue weighted by atomic mass is 16.5. The number of aryl methyl sites for hydroxylation is 2. The minimum Gasteiger partial charge on any atom is -0.490 e. The molecule has 2 unspecified atom stereocenters. The molecule has 0 aliphatic carbocycles. The van der Waals surface area contributed by atoms with E-state index in [4.69, 9.17) is 4.74 Å². The monoisotopic (exact) mass is 346 g/mol. The Labute approximate surface area is 150 Å². The van der Waals surface area contributed by atoms with Gasteiger partial charge in [0.25, 0.3) is 0 Å². The number of ether oxygens (including phenoxy) is 1. The van der Waals surface area contributed by atoms with Crippen molar-refractivity contribution in [2.24, 2.45) is 0 Å². The third kappa shape index (κ3) is 4.53. The number of likely N-dealkylation sites (tertiary alicyclic amines) is 2. The van der Waals surface area contributed by atoms with Crippen molar-refractivity contribution >= 4 is 5.91 Å². The second-order valence-electron chi connectivity index (χ2n) is 7.43. The van der Waals surface area contributed by atoms with Crippen molar-refractivity contribution in [3.8, 4) is 5.75 Å². The average molecular weight is 346 g/mol. The van der Waals surface area contributed by atoms with Crippen LogP contribution in [0.1, 0.15) is 36.8 Å². The first-order valence-electron chi connectivity index (χ1n) is 9.43. The van der Waals surface area contributed by atoms with E-state index in [1.165, 1.54) is 0 Å². The summed E-state index contributed by atoms with van der Waals surface area (Å²) in [7, 11) is 0. The van der Waals surface area contributed by atoms with Gasteiger partial charge in [-0.05, 0) is 50.8 Å². The first-order valence-corrected chi connectivity index (χ1v) is 9.43. The van der Waals surface area contributed by atoms with Crippen LogP contribution in [0.5, 0.6) is 5.75 Å². The summed E-state index contributed by atoms with van der Waals surface area (Å²) >= 11 is 0. The predicted octanol–water partition coefficient (Wildman–Crippen LogP) is 2.13. The minimum atomic E-state index is -0.521. The SMILES string of the molecule is Cc1cccc(C)c1OCC(O)CN1CCCC(N2CCCC2=O)C1. The molecule has 0 radical (unpaired) electrons. The number of aliphatic hydroxyl groups excluding tert-OH is 1. The number of amides is 1. The number of hydrogen-bond acceptors (Lipinski definition) is 4. The highest BCUT2D eigenvalue weighted by molar-refractivity contribution is 5.78. The van der Waals surface area contributed by atoms with Gasteiger partial charge in [0.1, 0.15) is 18.5 Å². The summed E-state index contributed by atoms with van der Waals surface area (Å²) < 4.78 is 5.87. The van der Waals surface area contributed by atoms with Crippen molar-refractivity contribution in [3.63, 3.8) is 0 Å². The third-order valence-corrected chi connectivity index (χ3v) is 5.33. The van der Waals surface area contributed by atoms with Crippen LogP contribution in [0.4, 0.5) is 0 Å². The van der Waals surface area contributed by atoms with Crippen LogP contribution in [0.3, 0.4) is 0 Å². The van der Waals surface area contributed by atoms with Crippen LogP contribution < -0.4 is 4.74 Å². The van der Waals surface area contributed by atoms with Crippen LogP contribution in [-0.4, -0.2) is 65.7 Å². The van der Waals surface area contributed by atoms with Crippen LogP contribution >= 0.6 is 0 Å². The maximum Gasteiger partial charge on any atom is 0.222 e. The number of hydrogen-bond donors (Lipinski definition) is 1. The summed E-state index contributed by atoms with van der Waals surface area (Å²) in [6, 6.07) is 6.38. The van der Waals surface area contributed by atoms with E-state index in [0.29, 0.717) is 31.5 Å². The molecule has 0 aromatic heterocycles. The molecule has 5 heteroatoms. The maximum absolute atomic E-state index is 12.0. The van der Waals surface area contributed by atoms with Gasteiger partial charge in [-0.25, -0.2) is 0 Å². The second kappa shape index (κ2) is 8.19. The molecule has 0 saturated carbocycles. The van der Waals surface area contributed by atoms with Crippen molar-refractivity contribution in [1.82, 2.24) is 9.80 Å². The highest BCUT2D eigenvalue weighted by Gasteiger charge is 2.31. The number of aliphatic hydroxyl groups is 1. The Bertz CT molecular complexity index is 584. The van der Waals surface area contributed by atoms with Gasteiger partial charge in [-0.1, -0.05) is 18.2 Å². The van der Waals surface area contributed by atoms with E-state index in [-0.39, 0.29) is 0 Å². The van der Waals surface area contributed by atoms with Gasteiger partial charge in [-0.2, -0.15) is 0 Å². The molecule has 3 rings (SSSR count). The van der Waals surface area contributed by atoms with Crippen LogP contribution in [-0.2, 0) is 4.79 Å². The number of para-hydroxylation sites is 1. The summed E-state index contributed by atoms with van der Waals surface area (Å²) in [6.45, 7) is 7.70. The Kier molecular flexibility index (Phi) is 5.97. The lowest BCUT2D eigenvalue weighted by atomic mass is 10.0. The highest BCUT2D eigenvalue weighted by Crippen LogP contribution is 2.23. The van der Waals surface area contributed by atoms with E-state index >= 15 is 0 Å². The molecule has 0 bridgehead atoms. The molecule has 2 fully saturated rings. The largest absolute Gasteiger partial charge is 0.490 e. The molecule has 1 amide bonds. The van der Waals surface area contributed by atoms with Crippen LogP contribution in [0, 0.1) is 13.8 Å². The molecular formula is C20H30N2O3. The van der Waals surface area contributed by atoms with E-state index in [9.17, 15) is 9.90 Å². The number of benzene rings is 1. The molecule has 2 aliphatic heterocycles. The molecule has 2 atom stereocenters. The van der Waals surface area contributed by atoms with Gasteiger partial charge in [-0.15, -0.1) is 0 Å². The zero-order valence-electron chi connectivity index (χ0n) is 15.4. The summed E-state index contributed by atoms with van der Waals surface area (Å²) in [5.74, 6) is 1.17. The molecule has 1 aromatic carbocycles. The molecule has 0 spiro atoms. The van der Waals surface area contributed by atoms with Crippen LogP contribution in [0.15, 0.2) is 18.2 Å². The van der Waals surface area contributed by atoms with Gasteiger partial charge in [0.15, 0.2) is 0 Å². The Morgan fingerprint density at radius 2 is 2.00 bits per heavy atom. The van der Waals surface area contributed by atoms with Gasteiger partial charge in [-0.3, -0.25) is 9.69 Å². The number of piperidine rings is 1. The lowest BCUT2D eigenvalue weighted by Crippen LogP contribution is -2.50. The standard InChI is InChI=1S/C20H30N2O3/c1-15-6-3-7-16(2)20(15)25-14-18(23)13-21-10-4-8-17(12-21)22-11-5-9-19(22)24/h3,6-7,17-18,23H,4-5,8-14H2,1-2H3. The fourth-order valence-corrected chi connectivity index (χ4v) is 4.06. The minimum absolute atomic E-state index is 0.297. The molecule has 2 heterocycles. The first kappa shape index (κ1) is 18.2. The van der Waals surface area contributed by atoms with Crippen molar-refractivity contribution in [2.45, 2.75) is 51.7 Å². The molecule has 1 aromatic rings. The van der Waals surface area contributed by atoms with Gasteiger partial charge in [0.2, 0.25) is 5.91 Å². The van der Waals surface area contributed by atoms with Gasteiger partial charge in [0.05, 0.1) is 0 Å². The molecule has 138 valence electrons. The van der Waals surface area contributed by atoms with Crippen molar-refractivity contribution in [3.05, 3.63) is 29.3 Å². The Morgan fingerprint density at radius 1 is 1.24 bits per heavy atom. The lowest BCUT2D eigenvalue weighted by molar-refractivity contribution is -0.130. The van der Waals surface area contributed by atoms with E-state index in [1.807, 2.05) is 36.9 Å². The molecule has 5 nitrogen and oxygen atoms in total. The molecule has 2 saturated heterocycles. The second-order valence-corrected chi connectivity index (χ2v) is 7.43. The molecule has 2 aliphatic rings. The van der Waals surface area contributed by atoms with Crippen molar-refractivity contribution in [2.75, 3.05) is 32.8 Å². The Morgan fingerprint density at radius 3 is 2.68 bits per heavy atom. The molecular weight excluding hydrogens is 316 g/mol. The number of β-amino-alcohol motifs (C(OH)–C–C–N with tert-alkyl or cyclic N) is 1. The Balaban J connectivity index is 1.49. The fraction of sp³-hybridized carbons (Fsp3) is 0.650. The van der Waals surface area contributed by atoms with Gasteiger partial charge in [0, 0.05) is 32.1 Å². The fourth-order valence-electron chi connectivity index (χ4n) is 4.06. The first-order chi connectivity index (χ1) is 12.0. The van der Waals surface area contributed by atoms with Crippen molar-refractivity contribution < 1.29 is 14.6 Å². The Hall–Kier alpha value is -1.59. The summed E-state index contributed by atoms with van der Waals surface area (Å²) in [5.41, 5.74) is 2.19. The summed E-state index contributed by atoms with van der Waals surface area (Å²) in [6.07, 6.45) is 3.33. The maximum atomic E-state index is 12.0. The van der Waals surface area contributed by atoms with Gasteiger partial charge < -0.3 is 14.7 Å². The van der Waals surface area contributed by atoms with E-state index in [1.54, 1.807) is 0 Å². The predicted molar refractivity (Wildman–Crippen MR) is 97.8 cm³/mol. The van der Waals surface area contributed by atoms with E-state index in [0.717, 1.165) is 55.8 Å². The summed E-state index contributed by atoms with van der Waals surface area (Å²) in [4.78, 5) is 16.3. The normalized spacial score (nSPS) is 23.1. The zero-order valence-corrected chi connectivity index (χ0v) is 15.4. The van der Waals surface area contributed by atoms with E-state index < -0.39 is 6.10 Å². The van der Waals surface area contributed by atoms with Gasteiger partial charge >= 0.3 is 0 Å². The quantitative estimate of drug-likeness (QED) is 0.857. The number of carbonyl (C=O) groups excluding carboxylic acids is 1. The number of nitrogens with zero attached hydrogens (tertiary/aromatic N) is 2. The zero-order chi connectivity index (χ0) is 17.8. The smallest absolute Gasteiger partial charge is 0.222 e.